The van der Waals surface area contributed by atoms with E-state index in [0.717, 1.165) is 11.1 Å². The highest BCUT2D eigenvalue weighted by molar-refractivity contribution is 7.91. The maximum absolute atomic E-state index is 12.8. The molecule has 1 fully saturated rings. The van der Waals surface area contributed by atoms with E-state index in [1.807, 2.05) is 31.2 Å². The van der Waals surface area contributed by atoms with Gasteiger partial charge in [-0.2, -0.15) is 0 Å². The molecular formula is C17H23NO5S. The van der Waals surface area contributed by atoms with Crippen molar-refractivity contribution in [2.24, 2.45) is 0 Å². The SMILES string of the molecule is COC(=O)C(C)N(C(=O)Cc1cccc(C)c1)C1CCS(=O)(=O)C1. The Hall–Kier alpha value is -1.89. The van der Waals surface area contributed by atoms with Crippen molar-refractivity contribution in [3.05, 3.63) is 35.4 Å². The van der Waals surface area contributed by atoms with E-state index in [0.29, 0.717) is 6.42 Å². The quantitative estimate of drug-likeness (QED) is 0.741. The number of carbonyl (C=O) groups is 2. The second kappa shape index (κ2) is 7.34. The molecule has 0 bridgehead atoms. The van der Waals surface area contributed by atoms with E-state index < -0.39 is 27.9 Å². The summed E-state index contributed by atoms with van der Waals surface area (Å²) in [5, 5.41) is 0. The van der Waals surface area contributed by atoms with Crippen molar-refractivity contribution in [1.29, 1.82) is 0 Å². The molecule has 1 heterocycles. The van der Waals surface area contributed by atoms with Gasteiger partial charge in [-0.25, -0.2) is 13.2 Å². The van der Waals surface area contributed by atoms with Gasteiger partial charge in [-0.15, -0.1) is 0 Å². The van der Waals surface area contributed by atoms with Crippen LogP contribution in [0, 0.1) is 6.92 Å². The van der Waals surface area contributed by atoms with Gasteiger partial charge in [0.1, 0.15) is 6.04 Å². The molecule has 1 aliphatic heterocycles. The standard InChI is InChI=1S/C17H23NO5S/c1-12-5-4-6-14(9-12)10-16(19)18(13(2)17(20)23-3)15-7-8-24(21,22)11-15/h4-6,9,13,15H,7-8,10-11H2,1-3H3. The lowest BCUT2D eigenvalue weighted by Gasteiger charge is -2.32. The Labute approximate surface area is 142 Å². The number of benzene rings is 1. The van der Waals surface area contributed by atoms with Gasteiger partial charge in [-0.05, 0) is 25.8 Å². The number of hydrogen-bond donors (Lipinski definition) is 0. The van der Waals surface area contributed by atoms with E-state index in [9.17, 15) is 18.0 Å². The molecule has 0 radical (unpaired) electrons. The van der Waals surface area contributed by atoms with E-state index in [1.54, 1.807) is 6.92 Å². The molecule has 1 aromatic rings. The Kier molecular flexibility index (Phi) is 5.64. The molecule has 132 valence electrons. The first-order valence-electron chi connectivity index (χ1n) is 7.88. The summed E-state index contributed by atoms with van der Waals surface area (Å²) in [6.45, 7) is 3.51. The van der Waals surface area contributed by atoms with Gasteiger partial charge in [0, 0.05) is 6.04 Å². The van der Waals surface area contributed by atoms with Crippen LogP contribution in [0.15, 0.2) is 24.3 Å². The van der Waals surface area contributed by atoms with Crippen LogP contribution in [0.5, 0.6) is 0 Å². The van der Waals surface area contributed by atoms with Crippen molar-refractivity contribution in [3.8, 4) is 0 Å². The number of hydrogen-bond acceptors (Lipinski definition) is 5. The minimum absolute atomic E-state index is 0.0415. The molecular weight excluding hydrogens is 330 g/mol. The monoisotopic (exact) mass is 353 g/mol. The van der Waals surface area contributed by atoms with Gasteiger partial charge >= 0.3 is 5.97 Å². The van der Waals surface area contributed by atoms with E-state index in [1.165, 1.54) is 12.0 Å². The van der Waals surface area contributed by atoms with Gasteiger partial charge in [0.2, 0.25) is 5.91 Å². The first kappa shape index (κ1) is 18.4. The highest BCUT2D eigenvalue weighted by Crippen LogP contribution is 2.22. The molecule has 7 heteroatoms. The number of methoxy groups -OCH3 is 1. The maximum atomic E-state index is 12.8. The number of rotatable bonds is 5. The average Bonchev–Trinajstić information content (AvgIpc) is 2.86. The summed E-state index contributed by atoms with van der Waals surface area (Å²) < 4.78 is 28.3. The first-order valence-corrected chi connectivity index (χ1v) is 9.70. The Morgan fingerprint density at radius 2 is 2.08 bits per heavy atom. The van der Waals surface area contributed by atoms with Gasteiger partial charge in [-0.3, -0.25) is 4.79 Å². The second-order valence-electron chi connectivity index (χ2n) is 6.22. The fourth-order valence-corrected chi connectivity index (χ4v) is 4.81. The van der Waals surface area contributed by atoms with Gasteiger partial charge in [0.25, 0.3) is 0 Å². The highest BCUT2D eigenvalue weighted by Gasteiger charge is 2.39. The molecule has 0 aromatic heterocycles. The molecule has 1 aliphatic rings. The van der Waals surface area contributed by atoms with Gasteiger partial charge in [-0.1, -0.05) is 29.8 Å². The zero-order valence-electron chi connectivity index (χ0n) is 14.2. The zero-order valence-corrected chi connectivity index (χ0v) is 15.0. The first-order chi connectivity index (χ1) is 11.2. The normalized spacial score (nSPS) is 20.4. The minimum atomic E-state index is -3.17. The highest BCUT2D eigenvalue weighted by atomic mass is 32.2. The molecule has 6 nitrogen and oxygen atoms in total. The van der Waals surface area contributed by atoms with E-state index in [2.05, 4.69) is 0 Å². The third kappa shape index (κ3) is 4.35. The third-order valence-electron chi connectivity index (χ3n) is 4.29. The van der Waals surface area contributed by atoms with E-state index >= 15 is 0 Å². The van der Waals surface area contributed by atoms with Crippen LogP contribution in [0.4, 0.5) is 0 Å². The Morgan fingerprint density at radius 1 is 1.38 bits per heavy atom. The predicted molar refractivity (Wildman–Crippen MR) is 90.3 cm³/mol. The van der Waals surface area contributed by atoms with Crippen molar-refractivity contribution in [1.82, 2.24) is 4.90 Å². The molecule has 1 saturated heterocycles. The van der Waals surface area contributed by atoms with Crippen LogP contribution in [-0.4, -0.2) is 55.9 Å². The zero-order chi connectivity index (χ0) is 17.9. The number of nitrogens with zero attached hydrogens (tertiary/aromatic N) is 1. The molecule has 2 unspecified atom stereocenters. The Balaban J connectivity index is 2.24. The fourth-order valence-electron chi connectivity index (χ4n) is 3.10. The van der Waals surface area contributed by atoms with Crippen molar-refractivity contribution < 1.29 is 22.7 Å². The lowest BCUT2D eigenvalue weighted by Crippen LogP contribution is -2.50. The smallest absolute Gasteiger partial charge is 0.328 e. The summed E-state index contributed by atoms with van der Waals surface area (Å²) in [4.78, 5) is 26.1. The molecule has 0 aliphatic carbocycles. The number of esters is 1. The molecule has 0 spiro atoms. The largest absolute Gasteiger partial charge is 0.467 e. The molecule has 24 heavy (non-hydrogen) atoms. The van der Waals surface area contributed by atoms with E-state index in [-0.39, 0.29) is 23.8 Å². The van der Waals surface area contributed by atoms with Crippen LogP contribution in [0.25, 0.3) is 0 Å². The Morgan fingerprint density at radius 3 is 2.62 bits per heavy atom. The molecule has 2 rings (SSSR count). The van der Waals surface area contributed by atoms with Crippen LogP contribution in [0.3, 0.4) is 0 Å². The summed E-state index contributed by atoms with van der Waals surface area (Å²) in [6.07, 6.45) is 0.475. The summed E-state index contributed by atoms with van der Waals surface area (Å²) in [5.74, 6) is -0.870. The summed E-state index contributed by atoms with van der Waals surface area (Å²) >= 11 is 0. The second-order valence-corrected chi connectivity index (χ2v) is 8.45. The summed E-state index contributed by atoms with van der Waals surface area (Å²) in [6, 6.07) is 6.26. The number of amides is 1. The van der Waals surface area contributed by atoms with Gasteiger partial charge in [0.05, 0.1) is 25.0 Å². The van der Waals surface area contributed by atoms with Crippen LogP contribution in [0.2, 0.25) is 0 Å². The lowest BCUT2D eigenvalue weighted by molar-refractivity contribution is -0.153. The average molecular weight is 353 g/mol. The summed E-state index contributed by atoms with van der Waals surface area (Å²) in [5.41, 5.74) is 1.87. The molecule has 0 saturated carbocycles. The molecule has 1 aromatic carbocycles. The molecule has 0 N–H and O–H groups in total. The third-order valence-corrected chi connectivity index (χ3v) is 6.04. The predicted octanol–water partition coefficient (Wildman–Crippen LogP) is 1.11. The molecule has 1 amide bonds. The Bertz CT molecular complexity index is 728. The summed E-state index contributed by atoms with van der Waals surface area (Å²) in [7, 11) is -1.91. The fraction of sp³-hybridized carbons (Fsp3) is 0.529. The lowest BCUT2D eigenvalue weighted by atomic mass is 10.1. The van der Waals surface area contributed by atoms with Gasteiger partial charge in [0.15, 0.2) is 9.84 Å². The van der Waals surface area contributed by atoms with Crippen molar-refractivity contribution in [3.63, 3.8) is 0 Å². The van der Waals surface area contributed by atoms with E-state index in [4.69, 9.17) is 4.74 Å². The number of carbonyl (C=O) groups excluding carboxylic acids is 2. The molecule has 2 atom stereocenters. The van der Waals surface area contributed by atoms with Crippen LogP contribution in [0.1, 0.15) is 24.5 Å². The van der Waals surface area contributed by atoms with Crippen molar-refractivity contribution >= 4 is 21.7 Å². The minimum Gasteiger partial charge on any atom is -0.467 e. The number of aryl methyl sites for hydroxylation is 1. The van der Waals surface area contributed by atoms with Crippen molar-refractivity contribution in [2.45, 2.75) is 38.8 Å². The topological polar surface area (TPSA) is 80.8 Å². The number of ether oxygens (including phenoxy) is 1. The van der Waals surface area contributed by atoms with Crippen LogP contribution < -0.4 is 0 Å². The van der Waals surface area contributed by atoms with Crippen LogP contribution in [-0.2, 0) is 30.6 Å². The van der Waals surface area contributed by atoms with Gasteiger partial charge < -0.3 is 9.64 Å². The van der Waals surface area contributed by atoms with Crippen LogP contribution >= 0.6 is 0 Å². The maximum Gasteiger partial charge on any atom is 0.328 e. The van der Waals surface area contributed by atoms with Crippen molar-refractivity contribution in [2.75, 3.05) is 18.6 Å². The number of sulfone groups is 1.